The van der Waals surface area contributed by atoms with Gasteiger partial charge in [-0.25, -0.2) is 0 Å². The average molecular weight is 1750 g/mol. The minimum absolute atomic E-state index is 0.00242. The third-order valence-corrected chi connectivity index (χ3v) is 39.9. The molecule has 125 heavy (non-hydrogen) atoms. The number of hydrogen-bond donors (Lipinski definition) is 3. The number of aryl methyl sites for hydroxylation is 2. The van der Waals surface area contributed by atoms with Crippen molar-refractivity contribution in [3.63, 3.8) is 0 Å². The van der Waals surface area contributed by atoms with Crippen molar-refractivity contribution >= 4 is 70.0 Å². The minimum Gasteiger partial charge on any atom is -0.491 e. The van der Waals surface area contributed by atoms with Crippen LogP contribution in [-0.2, 0) is 68.0 Å². The highest BCUT2D eigenvalue weighted by Crippen LogP contribution is 2.49. The van der Waals surface area contributed by atoms with Crippen molar-refractivity contribution in [2.45, 2.75) is 296 Å². The zero-order chi connectivity index (χ0) is 90.9. The van der Waals surface area contributed by atoms with Gasteiger partial charge in [-0.15, -0.1) is 0 Å². The smallest absolute Gasteiger partial charge is 0.306 e. The number of unbranched alkanes of at least 4 members (excludes halogenated alkanes) is 2. The molecule has 12 atom stereocenters. The van der Waals surface area contributed by atoms with Crippen LogP contribution in [0.25, 0.3) is 21.5 Å². The maximum absolute atomic E-state index is 13.5. The van der Waals surface area contributed by atoms with Gasteiger partial charge >= 0.3 is 11.9 Å². The molecule has 10 rings (SSSR count). The number of aliphatic hydroxyl groups is 3. The van der Waals surface area contributed by atoms with E-state index in [-0.39, 0.29) is 112 Å². The molecule has 2 saturated carbocycles. The Balaban J connectivity index is 0.000000299. The van der Waals surface area contributed by atoms with Crippen LogP contribution in [0.3, 0.4) is 0 Å². The highest BCUT2D eigenvalue weighted by atomic mass is 28.4. The predicted molar refractivity (Wildman–Crippen MR) is 514 cm³/mol. The summed E-state index contributed by atoms with van der Waals surface area (Å²) >= 11 is 0. The Bertz CT molecular complexity index is 4900. The molecule has 2 heterocycles. The summed E-state index contributed by atoms with van der Waals surface area (Å²) in [5.41, 5.74) is 7.95. The summed E-state index contributed by atoms with van der Waals surface area (Å²) in [4.78, 5) is 60.5. The van der Waals surface area contributed by atoms with E-state index in [0.29, 0.717) is 83.0 Å². The highest BCUT2D eigenvalue weighted by molar-refractivity contribution is 6.75. The Morgan fingerprint density at radius 1 is 0.480 bits per heavy atom. The normalized spacial score (nSPS) is 19.5. The first-order chi connectivity index (χ1) is 59.2. The van der Waals surface area contributed by atoms with Gasteiger partial charge < -0.3 is 47.5 Å². The number of aromatic nitrogens is 2. The number of hydrogen-bond acceptors (Lipinski definition) is 16. The van der Waals surface area contributed by atoms with Crippen molar-refractivity contribution in [1.82, 2.24) is 9.97 Å². The van der Waals surface area contributed by atoms with E-state index in [1.165, 1.54) is 0 Å². The second-order valence-corrected chi connectivity index (χ2v) is 53.5. The number of ether oxygens (including phenoxy) is 4. The van der Waals surface area contributed by atoms with Crippen molar-refractivity contribution in [3.05, 3.63) is 263 Å². The van der Waals surface area contributed by atoms with Crippen LogP contribution in [0, 0.1) is 37.5 Å². The number of pyridine rings is 2. The number of nitrogens with zero attached hydrogens (tertiary/aromatic N) is 2. The molecule has 0 spiro atoms. The lowest BCUT2D eigenvalue weighted by Gasteiger charge is -2.40. The number of esters is 2. The van der Waals surface area contributed by atoms with Crippen LogP contribution in [0.15, 0.2) is 219 Å². The number of allylic oxidation sites excluding steroid dienone is 4. The maximum atomic E-state index is 13.5. The summed E-state index contributed by atoms with van der Waals surface area (Å²) in [6.45, 7) is 43.9. The quantitative estimate of drug-likeness (QED) is 0.0140. The molecule has 6 aromatic carbocycles. The van der Waals surface area contributed by atoms with E-state index >= 15 is 0 Å². The molecule has 3 N–H and O–H groups in total. The van der Waals surface area contributed by atoms with Gasteiger partial charge in [-0.3, -0.25) is 29.1 Å². The maximum Gasteiger partial charge on any atom is 0.306 e. The van der Waals surface area contributed by atoms with E-state index in [1.807, 2.05) is 160 Å². The van der Waals surface area contributed by atoms with Crippen molar-refractivity contribution in [2.24, 2.45) is 23.7 Å². The topological polar surface area (TPSA) is 219 Å². The monoisotopic (exact) mass is 1750 g/mol. The van der Waals surface area contributed by atoms with Gasteiger partial charge in [0.15, 0.2) is 25.0 Å². The second kappa shape index (κ2) is 46.4. The van der Waals surface area contributed by atoms with Gasteiger partial charge in [0.1, 0.15) is 55.6 Å². The summed E-state index contributed by atoms with van der Waals surface area (Å²) in [7, 11) is -6.51. The van der Waals surface area contributed by atoms with Gasteiger partial charge in [0.05, 0.1) is 30.5 Å². The zero-order valence-electron chi connectivity index (χ0n) is 78.2. The van der Waals surface area contributed by atoms with Crippen molar-refractivity contribution in [3.8, 4) is 11.5 Å². The molecule has 0 bridgehead atoms. The lowest BCUT2D eigenvalue weighted by Crippen LogP contribution is -2.45. The van der Waals surface area contributed by atoms with Crippen LogP contribution in [0.2, 0.25) is 54.4 Å². The van der Waals surface area contributed by atoms with E-state index in [4.69, 9.17) is 32.2 Å². The number of aliphatic hydroxyl groups excluding tert-OH is 3. The lowest BCUT2D eigenvalue weighted by molar-refractivity contribution is -0.145. The zero-order valence-corrected chi connectivity index (χ0v) is 81.2. The molecule has 16 nitrogen and oxygen atoms in total. The van der Waals surface area contributed by atoms with E-state index in [9.17, 15) is 34.5 Å². The highest BCUT2D eigenvalue weighted by Gasteiger charge is 2.51. The Labute approximate surface area is 749 Å². The molecule has 2 aliphatic rings. The van der Waals surface area contributed by atoms with Crippen LogP contribution < -0.4 is 9.47 Å². The molecular weight excluding hydrogens is 1610 g/mol. The number of Topliss-reactive ketones (excluding diaryl/α,β-unsaturated/α-hetero) is 2. The standard InChI is InChI=1S/C62H93NO7Si3.C44H51NO7/c1-18-53(56(64)40-47-30-33-50-42-63-37-36-49(50)39-47)48-31-28-46(29-32-48)43-67-59(65)27-22-20-19-21-26-54-55(58(70-73(16,17)62(9,10)11)41-57(54)69-72(14,15)61(6,7)8)35-34-52(68-71(12,13)60(3,4)5)44-66-51-25-23-24-45(2)38-51;1-3-38(41(47)25-32-15-18-35-27-45-22-21-34(35)24-32)33-16-13-31(14-17-33)28-52-44(50)12-7-5-4-6-11-39-40(43(49)26-42(39)48)20-19-36(46)29-51-37-10-8-9-30(2)23-37/h19,21,23-25,28-39,42,52-55,57-58H,18,20,22,26-27,40-41,43-44H2,1-17H3;4,6,8-10,13-24,27,36,38-40,42-43,46,48-49H,3,5,7,11-12,25-26,28-29H2,1-2H3/b21-19-,35-34+;6-4-,20-19+/t52-,53?,54?,55-,57?,58-;36-,38?,39?,40-,42+,43-/m11/s1. The number of carbonyl (C=O) groups excluding carboxylic acids is 4. The molecule has 5 unspecified atom stereocenters. The summed E-state index contributed by atoms with van der Waals surface area (Å²) < 4.78 is 45.4. The van der Waals surface area contributed by atoms with E-state index < -0.39 is 43.3 Å². The van der Waals surface area contributed by atoms with Gasteiger partial charge in [-0.05, 0) is 230 Å². The Morgan fingerprint density at radius 3 is 1.38 bits per heavy atom. The van der Waals surface area contributed by atoms with Crippen molar-refractivity contribution in [2.75, 3.05) is 13.2 Å². The van der Waals surface area contributed by atoms with Crippen molar-refractivity contribution in [1.29, 1.82) is 0 Å². The van der Waals surface area contributed by atoms with Gasteiger partial charge in [0, 0.05) is 91.3 Å². The van der Waals surface area contributed by atoms with Crippen LogP contribution in [0.4, 0.5) is 0 Å². The molecule has 0 amide bonds. The molecule has 19 heteroatoms. The lowest BCUT2D eigenvalue weighted by atomic mass is 9.88. The number of ketones is 2. The second-order valence-electron chi connectivity index (χ2n) is 39.3. The molecule has 0 saturated heterocycles. The van der Waals surface area contributed by atoms with E-state index in [2.05, 4.69) is 174 Å². The van der Waals surface area contributed by atoms with Gasteiger partial charge in [-0.2, -0.15) is 0 Å². The molecule has 2 aliphatic carbocycles. The number of rotatable bonds is 42. The number of fused-ring (bicyclic) bond motifs is 2. The van der Waals surface area contributed by atoms with Crippen molar-refractivity contribution < 1.29 is 66.7 Å². The summed E-state index contributed by atoms with van der Waals surface area (Å²) in [6.07, 6.45) is 29.6. The Hall–Kier alpha value is -8.61. The predicted octanol–water partition coefficient (Wildman–Crippen LogP) is 23.8. The fourth-order valence-corrected chi connectivity index (χ4v) is 19.8. The first-order valence-electron chi connectivity index (χ1n) is 45.5. The van der Waals surface area contributed by atoms with Crippen LogP contribution in [0.5, 0.6) is 11.5 Å². The molecule has 2 aromatic heterocycles. The molecular formula is C106H144N2O14Si3. The molecule has 2 fully saturated rings. The SMILES string of the molecule is CCC(C(=O)Cc1ccc2cnccc2c1)c1ccc(COC(=O)CCC/C=C\CC2C(O[Si](C)(C)C(C)(C)C)C[C@@H](O[Si](C)(C)C(C)(C)C)[C@@H]2/C=C/[C@H](COc2cccc(C)c2)O[Si](C)(C)C(C)(C)C)cc1.CCC(C(=O)Cc1ccc2cnccc2c1)c1ccc(COC(=O)CCC/C=C\CC2[C@@H](/C=C/[C@@H](O)COc3cccc(C)c3)[C@H](O)C[C@@H]2O)cc1. The third-order valence-electron chi connectivity index (χ3n) is 26.4. The van der Waals surface area contributed by atoms with E-state index in [0.717, 1.165) is 91.1 Å². The summed E-state index contributed by atoms with van der Waals surface area (Å²) in [5, 5.41) is 35.9. The summed E-state index contributed by atoms with van der Waals surface area (Å²) in [5.74, 6) is 0.869. The van der Waals surface area contributed by atoms with Crippen LogP contribution in [-0.4, -0.2) is 124 Å². The fraction of sp³-hybridized carbons (Fsp3) is 0.491. The van der Waals surface area contributed by atoms with Crippen LogP contribution >= 0.6 is 0 Å². The van der Waals surface area contributed by atoms with Gasteiger partial charge in [0.2, 0.25) is 0 Å². The minimum atomic E-state index is -2.18. The van der Waals surface area contributed by atoms with Gasteiger partial charge in [0.25, 0.3) is 0 Å². The summed E-state index contributed by atoms with van der Waals surface area (Å²) in [6, 6.07) is 47.7. The average Bonchev–Trinajstić information content (AvgIpc) is 1.65. The first-order valence-corrected chi connectivity index (χ1v) is 54.3. The first kappa shape index (κ1) is 100. The Kier molecular flexibility index (Phi) is 37.2. The molecule has 674 valence electrons. The largest absolute Gasteiger partial charge is 0.491 e. The van der Waals surface area contributed by atoms with Gasteiger partial charge in [-0.1, -0.05) is 234 Å². The molecule has 0 radical (unpaired) electrons. The fourth-order valence-electron chi connectivity index (χ4n) is 15.8. The number of carbonyl (C=O) groups is 4. The Morgan fingerprint density at radius 2 is 0.920 bits per heavy atom. The molecule has 8 aromatic rings. The van der Waals surface area contributed by atoms with E-state index in [1.54, 1.807) is 24.5 Å². The number of benzene rings is 6. The third kappa shape index (κ3) is 30.3. The van der Waals surface area contributed by atoms with Crippen LogP contribution in [0.1, 0.15) is 210 Å². The molecule has 0 aliphatic heterocycles.